The second kappa shape index (κ2) is 10.0. The SMILES string of the molecule is CCC1CC(CNC(C)C)N1CC1CCN(c2cccc(S(=O)(=O)C(C)C)c2)CC1. The summed E-state index contributed by atoms with van der Waals surface area (Å²) in [6.45, 7) is 14.6. The van der Waals surface area contributed by atoms with Crippen LogP contribution in [0.3, 0.4) is 0 Å². The van der Waals surface area contributed by atoms with Gasteiger partial charge < -0.3 is 10.2 Å². The lowest BCUT2D eigenvalue weighted by Crippen LogP contribution is -2.61. The lowest BCUT2D eigenvalue weighted by Gasteiger charge is -2.51. The van der Waals surface area contributed by atoms with E-state index in [1.807, 2.05) is 12.1 Å². The number of nitrogens with zero attached hydrogens (tertiary/aromatic N) is 2. The minimum atomic E-state index is -3.23. The number of likely N-dealkylation sites (tertiary alicyclic amines) is 1. The fourth-order valence-electron chi connectivity index (χ4n) is 4.82. The van der Waals surface area contributed by atoms with Crippen molar-refractivity contribution in [3.05, 3.63) is 24.3 Å². The topological polar surface area (TPSA) is 52.6 Å². The number of sulfone groups is 1. The summed E-state index contributed by atoms with van der Waals surface area (Å²) >= 11 is 0. The number of benzene rings is 1. The van der Waals surface area contributed by atoms with Gasteiger partial charge in [0.2, 0.25) is 0 Å². The molecule has 2 heterocycles. The molecule has 0 radical (unpaired) electrons. The van der Waals surface area contributed by atoms with Gasteiger partial charge in [-0.15, -0.1) is 0 Å². The average Bonchev–Trinajstić information content (AvgIpc) is 2.71. The van der Waals surface area contributed by atoms with Crippen LogP contribution in [0.25, 0.3) is 0 Å². The highest BCUT2D eigenvalue weighted by Gasteiger charge is 2.38. The summed E-state index contributed by atoms with van der Waals surface area (Å²) in [5.41, 5.74) is 1.05. The van der Waals surface area contributed by atoms with E-state index in [9.17, 15) is 8.42 Å². The lowest BCUT2D eigenvalue weighted by atomic mass is 9.86. The largest absolute Gasteiger partial charge is 0.371 e. The molecule has 0 spiro atoms. The number of nitrogens with one attached hydrogen (secondary N) is 1. The van der Waals surface area contributed by atoms with E-state index < -0.39 is 9.84 Å². The molecule has 0 aliphatic carbocycles. The van der Waals surface area contributed by atoms with Gasteiger partial charge in [-0.1, -0.05) is 26.8 Å². The van der Waals surface area contributed by atoms with Crippen LogP contribution in [0, 0.1) is 5.92 Å². The number of rotatable bonds is 9. The third kappa shape index (κ3) is 5.38. The molecule has 2 aliphatic heterocycles. The van der Waals surface area contributed by atoms with E-state index >= 15 is 0 Å². The maximum absolute atomic E-state index is 12.5. The first-order chi connectivity index (χ1) is 14.2. The van der Waals surface area contributed by atoms with Gasteiger partial charge in [0.15, 0.2) is 9.84 Å². The zero-order chi connectivity index (χ0) is 21.9. The van der Waals surface area contributed by atoms with Crippen LogP contribution in [-0.2, 0) is 9.84 Å². The molecule has 2 atom stereocenters. The molecule has 1 aromatic carbocycles. The third-order valence-corrected chi connectivity index (χ3v) is 9.08. The van der Waals surface area contributed by atoms with Crippen LogP contribution in [0.4, 0.5) is 5.69 Å². The third-order valence-electron chi connectivity index (χ3n) is 6.93. The van der Waals surface area contributed by atoms with E-state index in [-0.39, 0.29) is 5.25 Å². The molecule has 2 aliphatic rings. The van der Waals surface area contributed by atoms with Gasteiger partial charge in [-0.3, -0.25) is 4.90 Å². The molecule has 1 N–H and O–H groups in total. The minimum absolute atomic E-state index is 0.389. The number of anilines is 1. The van der Waals surface area contributed by atoms with Crippen molar-refractivity contribution in [1.29, 1.82) is 0 Å². The van der Waals surface area contributed by atoms with Gasteiger partial charge in [0.25, 0.3) is 0 Å². The Balaban J connectivity index is 1.56. The van der Waals surface area contributed by atoms with Gasteiger partial charge in [-0.25, -0.2) is 8.42 Å². The van der Waals surface area contributed by atoms with E-state index in [0.717, 1.165) is 37.3 Å². The molecule has 0 saturated carbocycles. The van der Waals surface area contributed by atoms with Crippen LogP contribution in [0.15, 0.2) is 29.2 Å². The van der Waals surface area contributed by atoms with E-state index in [1.54, 1.807) is 19.9 Å². The number of piperidine rings is 1. The lowest BCUT2D eigenvalue weighted by molar-refractivity contribution is -0.00418. The number of hydrogen-bond donors (Lipinski definition) is 1. The predicted octanol–water partition coefficient (Wildman–Crippen LogP) is 3.94. The zero-order valence-electron chi connectivity index (χ0n) is 19.5. The smallest absolute Gasteiger partial charge is 0.180 e. The Morgan fingerprint density at radius 3 is 2.40 bits per heavy atom. The van der Waals surface area contributed by atoms with Crippen LogP contribution in [0.5, 0.6) is 0 Å². The Bertz CT molecular complexity index is 785. The summed E-state index contributed by atoms with van der Waals surface area (Å²) < 4.78 is 25.1. The summed E-state index contributed by atoms with van der Waals surface area (Å²) in [6.07, 6.45) is 4.93. The monoisotopic (exact) mass is 435 g/mol. The van der Waals surface area contributed by atoms with Crippen LogP contribution in [-0.4, -0.2) is 62.9 Å². The Morgan fingerprint density at radius 2 is 1.80 bits per heavy atom. The Morgan fingerprint density at radius 1 is 1.10 bits per heavy atom. The normalized spacial score (nSPS) is 23.9. The van der Waals surface area contributed by atoms with Crippen molar-refractivity contribution in [3.8, 4) is 0 Å². The van der Waals surface area contributed by atoms with Crippen molar-refractivity contribution >= 4 is 15.5 Å². The first-order valence-electron chi connectivity index (χ1n) is 11.8. The molecular formula is C24H41N3O2S. The van der Waals surface area contributed by atoms with Crippen molar-refractivity contribution in [2.24, 2.45) is 5.92 Å². The van der Waals surface area contributed by atoms with E-state index in [0.29, 0.717) is 17.0 Å². The predicted molar refractivity (Wildman–Crippen MR) is 126 cm³/mol. The number of hydrogen-bond acceptors (Lipinski definition) is 5. The van der Waals surface area contributed by atoms with Crippen molar-refractivity contribution in [2.75, 3.05) is 31.1 Å². The van der Waals surface area contributed by atoms with Crippen LogP contribution in [0.2, 0.25) is 0 Å². The average molecular weight is 436 g/mol. The van der Waals surface area contributed by atoms with Crippen LogP contribution in [0.1, 0.15) is 60.3 Å². The summed E-state index contributed by atoms with van der Waals surface area (Å²) in [6, 6.07) is 9.52. The molecule has 2 unspecified atom stereocenters. The van der Waals surface area contributed by atoms with Crippen molar-refractivity contribution < 1.29 is 8.42 Å². The molecule has 30 heavy (non-hydrogen) atoms. The molecule has 0 bridgehead atoms. The maximum atomic E-state index is 12.5. The quantitative estimate of drug-likeness (QED) is 0.637. The second-order valence-corrected chi connectivity index (χ2v) is 12.2. The highest BCUT2D eigenvalue weighted by atomic mass is 32.2. The van der Waals surface area contributed by atoms with Crippen LogP contribution >= 0.6 is 0 Å². The molecular weight excluding hydrogens is 394 g/mol. The van der Waals surface area contributed by atoms with Crippen molar-refractivity contribution in [3.63, 3.8) is 0 Å². The Hall–Kier alpha value is -1.11. The fraction of sp³-hybridized carbons (Fsp3) is 0.750. The molecule has 3 rings (SSSR count). The molecule has 170 valence electrons. The first kappa shape index (κ1) is 23.6. The minimum Gasteiger partial charge on any atom is -0.371 e. The Labute approximate surface area is 184 Å². The van der Waals surface area contributed by atoms with Crippen molar-refractivity contribution in [2.45, 2.75) is 88.6 Å². The van der Waals surface area contributed by atoms with E-state index in [4.69, 9.17) is 0 Å². The summed E-state index contributed by atoms with van der Waals surface area (Å²) in [7, 11) is -3.23. The van der Waals surface area contributed by atoms with Gasteiger partial charge in [0.05, 0.1) is 10.1 Å². The van der Waals surface area contributed by atoms with Gasteiger partial charge in [-0.05, 0) is 63.6 Å². The van der Waals surface area contributed by atoms with E-state index in [2.05, 4.69) is 42.0 Å². The summed E-state index contributed by atoms with van der Waals surface area (Å²) in [4.78, 5) is 5.55. The maximum Gasteiger partial charge on any atom is 0.180 e. The zero-order valence-corrected chi connectivity index (χ0v) is 20.3. The molecule has 6 heteroatoms. The van der Waals surface area contributed by atoms with Crippen LogP contribution < -0.4 is 10.2 Å². The summed E-state index contributed by atoms with van der Waals surface area (Å²) in [5.74, 6) is 0.736. The summed E-state index contributed by atoms with van der Waals surface area (Å²) in [5, 5.41) is 3.22. The second-order valence-electron chi connectivity index (χ2n) is 9.73. The molecule has 2 fully saturated rings. The van der Waals surface area contributed by atoms with Gasteiger partial charge in [-0.2, -0.15) is 0 Å². The van der Waals surface area contributed by atoms with E-state index in [1.165, 1.54) is 32.2 Å². The highest BCUT2D eigenvalue weighted by molar-refractivity contribution is 7.92. The van der Waals surface area contributed by atoms with Crippen molar-refractivity contribution in [1.82, 2.24) is 10.2 Å². The highest BCUT2D eigenvalue weighted by Crippen LogP contribution is 2.32. The molecule has 2 saturated heterocycles. The Kier molecular flexibility index (Phi) is 7.86. The molecule has 5 nitrogen and oxygen atoms in total. The molecule has 0 amide bonds. The molecule has 0 aromatic heterocycles. The standard InChI is InChI=1S/C24H41N3O2S/c1-6-21-14-23(16-25-18(2)3)27(21)17-20-10-12-26(13-11-20)22-8-7-9-24(15-22)30(28,29)19(4)5/h7-9,15,18-21,23,25H,6,10-14,16-17H2,1-5H3. The van der Waals surface area contributed by atoms with Gasteiger partial charge in [0.1, 0.15) is 0 Å². The first-order valence-corrected chi connectivity index (χ1v) is 13.3. The fourth-order valence-corrected chi connectivity index (χ4v) is 5.92. The van der Waals surface area contributed by atoms with Gasteiger partial charge in [0, 0.05) is 50.0 Å². The molecule has 1 aromatic rings. The van der Waals surface area contributed by atoms with Gasteiger partial charge >= 0.3 is 0 Å².